The molecule has 0 saturated carbocycles. The molecule has 1 aromatic heterocycles. The maximum Gasteiger partial charge on any atom is 0.409 e. The number of rotatable bonds is 3. The second-order valence-corrected chi connectivity index (χ2v) is 3.29. The van der Waals surface area contributed by atoms with E-state index in [9.17, 15) is 9.59 Å². The lowest BCUT2D eigenvalue weighted by molar-refractivity contribution is 0.101. The Labute approximate surface area is 96.7 Å². The summed E-state index contributed by atoms with van der Waals surface area (Å²) in [6.45, 7) is 0. The first kappa shape index (κ1) is 10.9. The second-order valence-electron chi connectivity index (χ2n) is 3.29. The molecule has 0 aliphatic carbocycles. The molecular weight excluding hydrogens is 222 g/mol. The van der Waals surface area contributed by atoms with E-state index in [1.807, 2.05) is 0 Å². The Balaban J connectivity index is 2.32. The summed E-state index contributed by atoms with van der Waals surface area (Å²) < 4.78 is 5.01. The Bertz CT molecular complexity index is 545. The molecule has 0 saturated heterocycles. The first-order valence-electron chi connectivity index (χ1n) is 4.85. The predicted octanol–water partition coefficient (Wildman–Crippen LogP) is 2.60. The number of furan rings is 1. The van der Waals surface area contributed by atoms with Crippen LogP contribution in [0.1, 0.15) is 16.1 Å². The highest BCUT2D eigenvalue weighted by Gasteiger charge is 2.18. The number of nitrogens with one attached hydrogen (secondary N) is 1. The molecule has 5 nitrogen and oxygen atoms in total. The second kappa shape index (κ2) is 4.52. The van der Waals surface area contributed by atoms with Gasteiger partial charge in [-0.3, -0.25) is 10.1 Å². The Morgan fingerprint density at radius 2 is 1.82 bits per heavy atom. The molecule has 0 fully saturated rings. The highest BCUT2D eigenvalue weighted by atomic mass is 16.4. The van der Waals surface area contributed by atoms with Gasteiger partial charge in [-0.05, 0) is 0 Å². The Hall–Kier alpha value is -2.56. The van der Waals surface area contributed by atoms with Crippen molar-refractivity contribution in [2.24, 2.45) is 0 Å². The van der Waals surface area contributed by atoms with Gasteiger partial charge in [0.25, 0.3) is 0 Å². The van der Waals surface area contributed by atoms with Crippen LogP contribution in [0.3, 0.4) is 0 Å². The van der Waals surface area contributed by atoms with E-state index in [4.69, 9.17) is 9.52 Å². The first-order valence-corrected chi connectivity index (χ1v) is 4.85. The fourth-order valence-corrected chi connectivity index (χ4v) is 1.42. The zero-order valence-electron chi connectivity index (χ0n) is 8.71. The van der Waals surface area contributed by atoms with Crippen LogP contribution < -0.4 is 5.32 Å². The molecule has 1 heterocycles. The van der Waals surface area contributed by atoms with E-state index >= 15 is 0 Å². The van der Waals surface area contributed by atoms with Crippen molar-refractivity contribution in [3.63, 3.8) is 0 Å². The molecule has 0 unspecified atom stereocenters. The fourth-order valence-electron chi connectivity index (χ4n) is 1.42. The van der Waals surface area contributed by atoms with Gasteiger partial charge in [-0.25, -0.2) is 4.79 Å². The molecule has 0 bridgehead atoms. The quantitative estimate of drug-likeness (QED) is 0.795. The Kier molecular flexibility index (Phi) is 2.91. The van der Waals surface area contributed by atoms with Crippen LogP contribution >= 0.6 is 0 Å². The largest absolute Gasteiger partial charge is 0.465 e. The van der Waals surface area contributed by atoms with E-state index in [1.165, 1.54) is 12.3 Å². The number of anilines is 1. The maximum atomic E-state index is 12.0. The van der Waals surface area contributed by atoms with Gasteiger partial charge in [0.05, 0.1) is 12.0 Å². The summed E-state index contributed by atoms with van der Waals surface area (Å²) in [5.74, 6) is -0.377. The van der Waals surface area contributed by atoms with Gasteiger partial charge in [0, 0.05) is 11.6 Å². The van der Waals surface area contributed by atoms with E-state index in [2.05, 4.69) is 5.32 Å². The van der Waals surface area contributed by atoms with E-state index in [1.54, 1.807) is 30.3 Å². The van der Waals surface area contributed by atoms with Crippen LogP contribution in [0, 0.1) is 0 Å². The molecule has 0 spiro atoms. The minimum absolute atomic E-state index is 0.0152. The number of carbonyl (C=O) groups is 2. The van der Waals surface area contributed by atoms with Crippen LogP contribution in [0.4, 0.5) is 10.5 Å². The Morgan fingerprint density at radius 3 is 2.47 bits per heavy atom. The van der Waals surface area contributed by atoms with E-state index in [-0.39, 0.29) is 17.2 Å². The summed E-state index contributed by atoms with van der Waals surface area (Å²) in [7, 11) is 0. The summed E-state index contributed by atoms with van der Waals surface area (Å²) in [6.07, 6.45) is 0.0232. The van der Waals surface area contributed by atoms with Gasteiger partial charge in [0.15, 0.2) is 5.76 Å². The number of ketones is 1. The van der Waals surface area contributed by atoms with Gasteiger partial charge in [-0.15, -0.1) is 0 Å². The smallest absolute Gasteiger partial charge is 0.409 e. The van der Waals surface area contributed by atoms with Gasteiger partial charge >= 0.3 is 6.09 Å². The fraction of sp³-hybridized carbons (Fsp3) is 0. The van der Waals surface area contributed by atoms with Gasteiger partial charge in [-0.2, -0.15) is 0 Å². The zero-order chi connectivity index (χ0) is 12.3. The van der Waals surface area contributed by atoms with Crippen LogP contribution in [0.25, 0.3) is 0 Å². The average Bonchev–Trinajstić information content (AvgIpc) is 2.76. The Morgan fingerprint density at radius 1 is 1.12 bits per heavy atom. The molecule has 0 aliphatic rings. The number of carboxylic acid groups (broad SMARTS) is 1. The van der Waals surface area contributed by atoms with Crippen LogP contribution in [0.5, 0.6) is 0 Å². The molecule has 1 amide bonds. The van der Waals surface area contributed by atoms with Gasteiger partial charge in [0.1, 0.15) is 0 Å². The average molecular weight is 231 g/mol. The van der Waals surface area contributed by atoms with E-state index in [0.29, 0.717) is 5.56 Å². The van der Waals surface area contributed by atoms with Crippen LogP contribution in [-0.4, -0.2) is 17.0 Å². The minimum Gasteiger partial charge on any atom is -0.465 e. The predicted molar refractivity (Wildman–Crippen MR) is 60.2 cm³/mol. The number of hydrogen-bond acceptors (Lipinski definition) is 3. The molecule has 0 aliphatic heterocycles. The standard InChI is InChI=1S/C12H9NO4/c14-10(8-4-2-1-3-5-8)11-9(6-7-17-11)13-12(15)16/h1-7,13H,(H,15,16). The lowest BCUT2D eigenvalue weighted by Gasteiger charge is -2.01. The summed E-state index contributed by atoms with van der Waals surface area (Å²) in [6, 6.07) is 9.89. The molecule has 0 atom stereocenters. The molecule has 17 heavy (non-hydrogen) atoms. The summed E-state index contributed by atoms with van der Waals surface area (Å²) in [4.78, 5) is 22.5. The van der Waals surface area contributed by atoms with Crippen molar-refractivity contribution in [2.75, 3.05) is 5.32 Å². The molecule has 2 N–H and O–H groups in total. The first-order chi connectivity index (χ1) is 8.18. The van der Waals surface area contributed by atoms with Crippen molar-refractivity contribution in [2.45, 2.75) is 0 Å². The van der Waals surface area contributed by atoms with E-state index < -0.39 is 6.09 Å². The highest BCUT2D eigenvalue weighted by Crippen LogP contribution is 2.20. The van der Waals surface area contributed by atoms with Gasteiger partial charge in [-0.1, -0.05) is 30.3 Å². The van der Waals surface area contributed by atoms with E-state index in [0.717, 1.165) is 0 Å². The minimum atomic E-state index is -1.24. The number of carbonyl (C=O) groups excluding carboxylic acids is 1. The van der Waals surface area contributed by atoms with Crippen molar-refractivity contribution < 1.29 is 19.1 Å². The van der Waals surface area contributed by atoms with Crippen LogP contribution in [-0.2, 0) is 0 Å². The molecule has 86 valence electrons. The summed E-state index contributed by atoms with van der Waals surface area (Å²) >= 11 is 0. The topological polar surface area (TPSA) is 79.5 Å². The molecule has 2 rings (SSSR count). The lowest BCUT2D eigenvalue weighted by atomic mass is 10.1. The summed E-state index contributed by atoms with van der Waals surface area (Å²) in [5.41, 5.74) is 0.585. The van der Waals surface area contributed by atoms with Crippen molar-refractivity contribution >= 4 is 17.6 Å². The van der Waals surface area contributed by atoms with Crippen molar-refractivity contribution in [3.05, 3.63) is 54.0 Å². The lowest BCUT2D eigenvalue weighted by Crippen LogP contribution is -2.10. The monoisotopic (exact) mass is 231 g/mol. The van der Waals surface area contributed by atoms with Crippen molar-refractivity contribution in [1.29, 1.82) is 0 Å². The number of hydrogen-bond donors (Lipinski definition) is 2. The third kappa shape index (κ3) is 2.34. The molecule has 2 aromatic rings. The third-order valence-electron chi connectivity index (χ3n) is 2.15. The molecule has 0 radical (unpaired) electrons. The normalized spacial score (nSPS) is 9.88. The maximum absolute atomic E-state index is 12.0. The molecule has 5 heteroatoms. The third-order valence-corrected chi connectivity index (χ3v) is 2.15. The van der Waals surface area contributed by atoms with Gasteiger partial charge < -0.3 is 9.52 Å². The van der Waals surface area contributed by atoms with Crippen LogP contribution in [0.2, 0.25) is 0 Å². The van der Waals surface area contributed by atoms with Crippen molar-refractivity contribution in [3.8, 4) is 0 Å². The number of amides is 1. The number of benzene rings is 1. The highest BCUT2D eigenvalue weighted by molar-refractivity contribution is 6.11. The molecular formula is C12H9NO4. The van der Waals surface area contributed by atoms with Crippen LogP contribution in [0.15, 0.2) is 47.1 Å². The zero-order valence-corrected chi connectivity index (χ0v) is 8.71. The molecule has 1 aromatic carbocycles. The SMILES string of the molecule is O=C(O)Nc1ccoc1C(=O)c1ccccc1. The van der Waals surface area contributed by atoms with Crippen molar-refractivity contribution in [1.82, 2.24) is 0 Å². The summed E-state index contributed by atoms with van der Waals surface area (Å²) in [5, 5.41) is 10.7. The van der Waals surface area contributed by atoms with Gasteiger partial charge in [0.2, 0.25) is 5.78 Å².